The molecule has 0 unspecified atom stereocenters. The molecule has 1 aliphatic rings. The van der Waals surface area contributed by atoms with Gasteiger partial charge in [0, 0.05) is 26.2 Å². The Kier molecular flexibility index (Phi) is 6.63. The molecular weight excluding hydrogens is 363 g/mol. The van der Waals surface area contributed by atoms with Crippen LogP contribution in [0, 0.1) is 12.7 Å². The fourth-order valence-electron chi connectivity index (χ4n) is 3.49. The Morgan fingerprint density at radius 1 is 1.00 bits per heavy atom. The summed E-state index contributed by atoms with van der Waals surface area (Å²) < 4.78 is 40.3. The number of hydrogen-bond donors (Lipinski definition) is 0. The number of piperazine rings is 1. The van der Waals surface area contributed by atoms with Crippen molar-refractivity contribution >= 4 is 10.0 Å². The standard InChI is InChI=1S/C21H27FN2O2S/c1-18-6-2-3-9-20(18)17-27(25,26)24-14-12-23(13-15-24)11-5-8-19-7-4-10-21(22)16-19/h2-4,6-7,9-10,16H,5,8,11-15,17H2,1H3. The van der Waals surface area contributed by atoms with Gasteiger partial charge in [-0.05, 0) is 55.1 Å². The van der Waals surface area contributed by atoms with Gasteiger partial charge in [0.15, 0.2) is 0 Å². The van der Waals surface area contributed by atoms with Crippen LogP contribution in [-0.2, 0) is 22.2 Å². The molecule has 0 amide bonds. The highest BCUT2D eigenvalue weighted by molar-refractivity contribution is 7.88. The maximum absolute atomic E-state index is 13.2. The van der Waals surface area contributed by atoms with Gasteiger partial charge in [0.25, 0.3) is 0 Å². The summed E-state index contributed by atoms with van der Waals surface area (Å²) in [5, 5.41) is 0. The van der Waals surface area contributed by atoms with E-state index in [1.807, 2.05) is 37.3 Å². The predicted molar refractivity (Wildman–Crippen MR) is 107 cm³/mol. The molecule has 6 heteroatoms. The van der Waals surface area contributed by atoms with Gasteiger partial charge < -0.3 is 4.90 Å². The fraction of sp³-hybridized carbons (Fsp3) is 0.429. The van der Waals surface area contributed by atoms with Crippen molar-refractivity contribution in [2.75, 3.05) is 32.7 Å². The molecular formula is C21H27FN2O2S. The minimum atomic E-state index is -3.29. The largest absolute Gasteiger partial charge is 0.301 e. The van der Waals surface area contributed by atoms with E-state index >= 15 is 0 Å². The van der Waals surface area contributed by atoms with E-state index in [9.17, 15) is 12.8 Å². The average molecular weight is 391 g/mol. The molecule has 0 aliphatic carbocycles. The van der Waals surface area contributed by atoms with Crippen molar-refractivity contribution < 1.29 is 12.8 Å². The molecule has 1 fully saturated rings. The molecule has 3 rings (SSSR count). The smallest absolute Gasteiger partial charge is 0.218 e. The maximum Gasteiger partial charge on any atom is 0.218 e. The first kappa shape index (κ1) is 20.0. The first-order chi connectivity index (χ1) is 12.9. The third-order valence-corrected chi connectivity index (χ3v) is 6.98. The van der Waals surface area contributed by atoms with Crippen molar-refractivity contribution in [2.45, 2.75) is 25.5 Å². The van der Waals surface area contributed by atoms with Crippen molar-refractivity contribution in [3.63, 3.8) is 0 Å². The van der Waals surface area contributed by atoms with Crippen LogP contribution < -0.4 is 0 Å². The highest BCUT2D eigenvalue weighted by Crippen LogP contribution is 2.17. The number of rotatable bonds is 7. The predicted octanol–water partition coefficient (Wildman–Crippen LogP) is 3.21. The molecule has 0 N–H and O–H groups in total. The van der Waals surface area contributed by atoms with Crippen LogP contribution in [0.3, 0.4) is 0 Å². The molecule has 2 aromatic rings. The summed E-state index contributed by atoms with van der Waals surface area (Å²) in [6.07, 6.45) is 1.78. The number of benzene rings is 2. The number of aryl methyl sites for hydroxylation is 2. The molecule has 0 bridgehead atoms. The molecule has 0 spiro atoms. The number of halogens is 1. The summed E-state index contributed by atoms with van der Waals surface area (Å²) in [6, 6.07) is 14.4. The lowest BCUT2D eigenvalue weighted by atomic mass is 10.1. The van der Waals surface area contributed by atoms with Crippen LogP contribution in [0.4, 0.5) is 4.39 Å². The summed E-state index contributed by atoms with van der Waals surface area (Å²) in [6.45, 7) is 5.41. The normalized spacial score (nSPS) is 16.5. The Hall–Kier alpha value is -1.76. The Labute approximate surface area is 161 Å². The number of sulfonamides is 1. The van der Waals surface area contributed by atoms with E-state index in [0.717, 1.165) is 49.2 Å². The summed E-state index contributed by atoms with van der Waals surface area (Å²) in [5.41, 5.74) is 2.89. The topological polar surface area (TPSA) is 40.6 Å². The Morgan fingerprint density at radius 3 is 2.44 bits per heavy atom. The second-order valence-electron chi connectivity index (χ2n) is 7.16. The van der Waals surface area contributed by atoms with Gasteiger partial charge in [0.1, 0.15) is 5.82 Å². The quantitative estimate of drug-likeness (QED) is 0.729. The van der Waals surface area contributed by atoms with E-state index in [1.165, 1.54) is 6.07 Å². The second-order valence-corrected chi connectivity index (χ2v) is 9.13. The lowest BCUT2D eigenvalue weighted by Crippen LogP contribution is -2.49. The highest BCUT2D eigenvalue weighted by Gasteiger charge is 2.27. The van der Waals surface area contributed by atoms with Gasteiger partial charge in [-0.2, -0.15) is 4.31 Å². The Morgan fingerprint density at radius 2 is 1.74 bits per heavy atom. The van der Waals surface area contributed by atoms with E-state index in [-0.39, 0.29) is 11.6 Å². The van der Waals surface area contributed by atoms with Crippen LogP contribution in [0.1, 0.15) is 23.1 Å². The van der Waals surface area contributed by atoms with Crippen molar-refractivity contribution in [1.29, 1.82) is 0 Å². The van der Waals surface area contributed by atoms with Crippen LogP contribution in [0.15, 0.2) is 48.5 Å². The second kappa shape index (κ2) is 8.95. The van der Waals surface area contributed by atoms with E-state index in [4.69, 9.17) is 0 Å². The summed E-state index contributed by atoms with van der Waals surface area (Å²) in [7, 11) is -3.29. The van der Waals surface area contributed by atoms with Crippen molar-refractivity contribution in [2.24, 2.45) is 0 Å². The molecule has 1 saturated heterocycles. The molecule has 0 radical (unpaired) electrons. The van der Waals surface area contributed by atoms with Gasteiger partial charge in [-0.25, -0.2) is 12.8 Å². The number of hydrogen-bond acceptors (Lipinski definition) is 3. The third kappa shape index (κ3) is 5.61. The van der Waals surface area contributed by atoms with Crippen LogP contribution in [0.25, 0.3) is 0 Å². The molecule has 1 heterocycles. The van der Waals surface area contributed by atoms with Crippen LogP contribution in [-0.4, -0.2) is 50.3 Å². The summed E-state index contributed by atoms with van der Waals surface area (Å²) >= 11 is 0. The van der Waals surface area contributed by atoms with Gasteiger partial charge >= 0.3 is 0 Å². The van der Waals surface area contributed by atoms with Gasteiger partial charge in [0.05, 0.1) is 5.75 Å². The minimum absolute atomic E-state index is 0.0687. The van der Waals surface area contributed by atoms with Crippen LogP contribution in [0.5, 0.6) is 0 Å². The van der Waals surface area contributed by atoms with Gasteiger partial charge in [-0.3, -0.25) is 0 Å². The SMILES string of the molecule is Cc1ccccc1CS(=O)(=O)N1CCN(CCCc2cccc(F)c2)CC1. The van der Waals surface area contributed by atoms with Gasteiger partial charge in [-0.15, -0.1) is 0 Å². The minimum Gasteiger partial charge on any atom is -0.301 e. The first-order valence-corrected chi connectivity index (χ1v) is 11.0. The Balaban J connectivity index is 1.46. The van der Waals surface area contributed by atoms with Crippen LogP contribution in [0.2, 0.25) is 0 Å². The number of nitrogens with zero attached hydrogens (tertiary/aromatic N) is 2. The molecule has 0 atom stereocenters. The van der Waals surface area contributed by atoms with Crippen LogP contribution >= 0.6 is 0 Å². The van der Waals surface area contributed by atoms with E-state index in [0.29, 0.717) is 13.1 Å². The molecule has 4 nitrogen and oxygen atoms in total. The maximum atomic E-state index is 13.2. The fourth-order valence-corrected chi connectivity index (χ4v) is 5.11. The van der Waals surface area contributed by atoms with Crippen molar-refractivity contribution in [1.82, 2.24) is 9.21 Å². The average Bonchev–Trinajstić information content (AvgIpc) is 2.64. The molecule has 0 aromatic heterocycles. The zero-order valence-electron chi connectivity index (χ0n) is 15.8. The molecule has 27 heavy (non-hydrogen) atoms. The summed E-state index contributed by atoms with van der Waals surface area (Å²) in [5.74, 6) is -0.126. The zero-order chi connectivity index (χ0) is 19.3. The molecule has 2 aromatic carbocycles. The van der Waals surface area contributed by atoms with Crippen molar-refractivity contribution in [3.8, 4) is 0 Å². The van der Waals surface area contributed by atoms with E-state index in [1.54, 1.807) is 16.4 Å². The zero-order valence-corrected chi connectivity index (χ0v) is 16.6. The molecule has 1 aliphatic heterocycles. The third-order valence-electron chi connectivity index (χ3n) is 5.15. The highest BCUT2D eigenvalue weighted by atomic mass is 32.2. The lowest BCUT2D eigenvalue weighted by molar-refractivity contribution is 0.186. The van der Waals surface area contributed by atoms with Crippen molar-refractivity contribution in [3.05, 3.63) is 71.0 Å². The molecule has 0 saturated carbocycles. The van der Waals surface area contributed by atoms with Gasteiger partial charge in [-0.1, -0.05) is 36.4 Å². The summed E-state index contributed by atoms with van der Waals surface area (Å²) in [4.78, 5) is 2.29. The Bertz CT molecular complexity index is 862. The van der Waals surface area contributed by atoms with Gasteiger partial charge in [0.2, 0.25) is 10.0 Å². The first-order valence-electron chi connectivity index (χ1n) is 9.43. The molecule has 146 valence electrons. The van der Waals surface area contributed by atoms with E-state index < -0.39 is 10.0 Å². The monoisotopic (exact) mass is 390 g/mol. The van der Waals surface area contributed by atoms with E-state index in [2.05, 4.69) is 4.90 Å². The lowest BCUT2D eigenvalue weighted by Gasteiger charge is -2.34.